The van der Waals surface area contributed by atoms with Crippen molar-refractivity contribution in [3.05, 3.63) is 114 Å². The fraction of sp³-hybridized carbons (Fsp3) is 0.185. The predicted molar refractivity (Wildman–Crippen MR) is 127 cm³/mol. The normalized spacial score (nSPS) is 14.0. The van der Waals surface area contributed by atoms with Crippen LogP contribution in [0.5, 0.6) is 0 Å². The zero-order chi connectivity index (χ0) is 21.9. The van der Waals surface area contributed by atoms with Crippen LogP contribution in [0.3, 0.4) is 0 Å². The summed E-state index contributed by atoms with van der Waals surface area (Å²) in [5, 5.41) is 3.11. The number of nitrogens with zero attached hydrogens (tertiary/aromatic N) is 3. The SMILES string of the molecule is CC(NC(=O)c1ccc(N2CCc3ccccc3C2)cc1)c1ccc(-n2ccnc2)cc1. The summed E-state index contributed by atoms with van der Waals surface area (Å²) in [6.45, 7) is 3.91. The molecule has 0 saturated carbocycles. The Balaban J connectivity index is 1.22. The molecule has 3 aromatic carbocycles. The average Bonchev–Trinajstić information content (AvgIpc) is 3.39. The number of hydrogen-bond acceptors (Lipinski definition) is 3. The average molecular weight is 423 g/mol. The molecule has 0 spiro atoms. The number of anilines is 1. The summed E-state index contributed by atoms with van der Waals surface area (Å²) in [5.41, 5.74) is 6.75. The molecule has 1 aliphatic rings. The van der Waals surface area contributed by atoms with Crippen molar-refractivity contribution in [2.75, 3.05) is 11.4 Å². The highest BCUT2D eigenvalue weighted by Crippen LogP contribution is 2.25. The third-order valence-corrected chi connectivity index (χ3v) is 6.17. The van der Waals surface area contributed by atoms with E-state index in [1.165, 1.54) is 11.1 Å². The number of nitrogens with one attached hydrogen (secondary N) is 1. The number of carbonyl (C=O) groups is 1. The van der Waals surface area contributed by atoms with Crippen molar-refractivity contribution in [2.24, 2.45) is 0 Å². The minimum atomic E-state index is -0.0855. The van der Waals surface area contributed by atoms with Gasteiger partial charge in [0.05, 0.1) is 12.4 Å². The number of imidazole rings is 1. The Bertz CT molecular complexity index is 1200. The smallest absolute Gasteiger partial charge is 0.251 e. The molecular weight excluding hydrogens is 396 g/mol. The van der Waals surface area contributed by atoms with Crippen molar-refractivity contribution >= 4 is 11.6 Å². The van der Waals surface area contributed by atoms with Crippen molar-refractivity contribution in [1.29, 1.82) is 0 Å². The molecule has 2 heterocycles. The van der Waals surface area contributed by atoms with Gasteiger partial charge in [-0.25, -0.2) is 4.98 Å². The van der Waals surface area contributed by atoms with E-state index in [9.17, 15) is 4.79 Å². The van der Waals surface area contributed by atoms with E-state index in [0.29, 0.717) is 5.56 Å². The largest absolute Gasteiger partial charge is 0.367 e. The van der Waals surface area contributed by atoms with E-state index in [1.54, 1.807) is 12.5 Å². The number of hydrogen-bond donors (Lipinski definition) is 1. The first-order chi connectivity index (χ1) is 15.7. The van der Waals surface area contributed by atoms with Gasteiger partial charge in [0.25, 0.3) is 5.91 Å². The molecule has 1 aliphatic heterocycles. The third kappa shape index (κ3) is 4.14. The minimum absolute atomic E-state index is 0.0632. The van der Waals surface area contributed by atoms with E-state index >= 15 is 0 Å². The Morgan fingerprint density at radius 1 is 0.938 bits per heavy atom. The zero-order valence-electron chi connectivity index (χ0n) is 18.1. The lowest BCUT2D eigenvalue weighted by molar-refractivity contribution is 0.0940. The maximum Gasteiger partial charge on any atom is 0.251 e. The van der Waals surface area contributed by atoms with Crippen molar-refractivity contribution in [1.82, 2.24) is 14.9 Å². The van der Waals surface area contributed by atoms with E-state index in [-0.39, 0.29) is 11.9 Å². The first-order valence-corrected chi connectivity index (χ1v) is 11.0. The molecule has 5 heteroatoms. The molecule has 5 rings (SSSR count). The molecule has 0 bridgehead atoms. The molecule has 1 unspecified atom stereocenters. The summed E-state index contributed by atoms with van der Waals surface area (Å²) in [7, 11) is 0. The van der Waals surface area contributed by atoms with Gasteiger partial charge < -0.3 is 14.8 Å². The first-order valence-electron chi connectivity index (χ1n) is 11.0. The summed E-state index contributed by atoms with van der Waals surface area (Å²) in [6.07, 6.45) is 6.49. The number of aromatic nitrogens is 2. The van der Waals surface area contributed by atoms with Crippen molar-refractivity contribution < 1.29 is 4.79 Å². The van der Waals surface area contributed by atoms with Crippen molar-refractivity contribution in [3.63, 3.8) is 0 Å². The molecule has 5 nitrogen and oxygen atoms in total. The molecular formula is C27H26N4O. The van der Waals surface area contributed by atoms with Crippen LogP contribution in [-0.4, -0.2) is 22.0 Å². The summed E-state index contributed by atoms with van der Waals surface area (Å²) >= 11 is 0. The number of carbonyl (C=O) groups excluding carboxylic acids is 1. The molecule has 0 radical (unpaired) electrons. The Hall–Kier alpha value is -3.86. The fourth-order valence-electron chi connectivity index (χ4n) is 4.25. The molecule has 1 atom stereocenters. The van der Waals surface area contributed by atoms with Crippen LogP contribution >= 0.6 is 0 Å². The molecule has 1 aromatic heterocycles. The molecule has 1 amide bonds. The second kappa shape index (κ2) is 8.71. The Kier molecular flexibility index (Phi) is 5.46. The standard InChI is InChI=1S/C27H26N4O/c1-20(21-6-10-26(11-7-21)31-17-15-28-19-31)29-27(32)23-8-12-25(13-9-23)30-16-14-22-4-2-3-5-24(22)18-30/h2-13,15,17,19-20H,14,16,18H2,1H3,(H,29,32). The number of rotatable bonds is 5. The van der Waals surface area contributed by atoms with Gasteiger partial charge in [-0.2, -0.15) is 0 Å². The topological polar surface area (TPSA) is 50.2 Å². The van der Waals surface area contributed by atoms with Crippen LogP contribution in [-0.2, 0) is 13.0 Å². The highest BCUT2D eigenvalue weighted by molar-refractivity contribution is 5.94. The zero-order valence-corrected chi connectivity index (χ0v) is 18.1. The molecule has 0 saturated heterocycles. The van der Waals surface area contributed by atoms with E-state index in [4.69, 9.17) is 0 Å². The maximum absolute atomic E-state index is 12.8. The van der Waals surface area contributed by atoms with Gasteiger partial charge in [0.2, 0.25) is 0 Å². The highest BCUT2D eigenvalue weighted by atomic mass is 16.1. The number of benzene rings is 3. The minimum Gasteiger partial charge on any atom is -0.367 e. The number of amides is 1. The van der Waals surface area contributed by atoms with Crippen LogP contribution in [0.15, 0.2) is 91.5 Å². The fourth-order valence-corrected chi connectivity index (χ4v) is 4.25. The van der Waals surface area contributed by atoms with Crippen molar-refractivity contribution in [3.8, 4) is 5.69 Å². The van der Waals surface area contributed by atoms with Gasteiger partial charge in [-0.1, -0.05) is 36.4 Å². The summed E-state index contributed by atoms with van der Waals surface area (Å²) in [4.78, 5) is 19.2. The monoisotopic (exact) mass is 422 g/mol. The van der Waals surface area contributed by atoms with Crippen LogP contribution in [0.1, 0.15) is 40.0 Å². The van der Waals surface area contributed by atoms with Gasteiger partial charge >= 0.3 is 0 Å². The Labute approximate surface area is 188 Å². The van der Waals surface area contributed by atoms with E-state index in [1.807, 2.05) is 66.2 Å². The van der Waals surface area contributed by atoms with Crippen LogP contribution in [0, 0.1) is 0 Å². The molecule has 1 N–H and O–H groups in total. The lowest BCUT2D eigenvalue weighted by Crippen LogP contribution is -2.30. The van der Waals surface area contributed by atoms with Crippen LogP contribution < -0.4 is 10.2 Å². The van der Waals surface area contributed by atoms with E-state index in [0.717, 1.165) is 36.4 Å². The molecule has 4 aromatic rings. The predicted octanol–water partition coefficient (Wildman–Crippen LogP) is 4.93. The maximum atomic E-state index is 12.8. The molecule has 0 aliphatic carbocycles. The Morgan fingerprint density at radius 3 is 2.38 bits per heavy atom. The van der Waals surface area contributed by atoms with Gasteiger partial charge in [-0.3, -0.25) is 4.79 Å². The number of fused-ring (bicyclic) bond motifs is 1. The van der Waals surface area contributed by atoms with Crippen LogP contribution in [0.4, 0.5) is 5.69 Å². The van der Waals surface area contributed by atoms with Gasteiger partial charge in [-0.05, 0) is 66.4 Å². The van der Waals surface area contributed by atoms with Crippen LogP contribution in [0.25, 0.3) is 5.69 Å². The van der Waals surface area contributed by atoms with E-state index in [2.05, 4.69) is 39.5 Å². The second-order valence-corrected chi connectivity index (χ2v) is 8.24. The first kappa shape index (κ1) is 20.1. The van der Waals surface area contributed by atoms with Crippen molar-refractivity contribution in [2.45, 2.75) is 25.9 Å². The summed E-state index contributed by atoms with van der Waals surface area (Å²) < 4.78 is 1.95. The van der Waals surface area contributed by atoms with Gasteiger partial charge in [0.15, 0.2) is 0 Å². The molecule has 32 heavy (non-hydrogen) atoms. The lowest BCUT2D eigenvalue weighted by atomic mass is 9.99. The summed E-state index contributed by atoms with van der Waals surface area (Å²) in [5.74, 6) is -0.0632. The van der Waals surface area contributed by atoms with Gasteiger partial charge in [0.1, 0.15) is 0 Å². The molecule has 160 valence electrons. The quantitative estimate of drug-likeness (QED) is 0.496. The van der Waals surface area contributed by atoms with Gasteiger partial charge in [0, 0.05) is 42.4 Å². The Morgan fingerprint density at radius 2 is 1.66 bits per heavy atom. The summed E-state index contributed by atoms with van der Waals surface area (Å²) in [6, 6.07) is 24.6. The van der Waals surface area contributed by atoms with Crippen LogP contribution in [0.2, 0.25) is 0 Å². The molecule has 0 fully saturated rings. The second-order valence-electron chi connectivity index (χ2n) is 8.24. The lowest BCUT2D eigenvalue weighted by Gasteiger charge is -2.30. The third-order valence-electron chi connectivity index (χ3n) is 6.17. The van der Waals surface area contributed by atoms with E-state index < -0.39 is 0 Å². The highest BCUT2D eigenvalue weighted by Gasteiger charge is 2.17. The van der Waals surface area contributed by atoms with Gasteiger partial charge in [-0.15, -0.1) is 0 Å².